The van der Waals surface area contributed by atoms with Gasteiger partial charge in [-0.2, -0.15) is 0 Å². The van der Waals surface area contributed by atoms with Crippen molar-refractivity contribution < 1.29 is 4.92 Å². The lowest BCUT2D eigenvalue weighted by Crippen LogP contribution is -1.86. The Labute approximate surface area is 139 Å². The number of hydrogen-bond acceptors (Lipinski definition) is 4. The summed E-state index contributed by atoms with van der Waals surface area (Å²) < 4.78 is 0.902. The SMILES string of the molecule is O=[N+]([O-])c1ccc2sc(C=Cc3ccc(Cl)c(Cl)c3)nc2c1. The number of hydrogen-bond donors (Lipinski definition) is 0. The number of aromatic nitrogens is 1. The highest BCUT2D eigenvalue weighted by atomic mass is 35.5. The molecule has 0 fully saturated rings. The molecule has 3 rings (SSSR count). The van der Waals surface area contributed by atoms with Crippen molar-refractivity contribution in [3.8, 4) is 0 Å². The molecule has 1 heterocycles. The third-order valence-electron chi connectivity index (χ3n) is 2.96. The zero-order valence-corrected chi connectivity index (χ0v) is 13.3. The molecule has 0 aliphatic rings. The van der Waals surface area contributed by atoms with E-state index in [1.807, 2.05) is 18.2 Å². The van der Waals surface area contributed by atoms with Gasteiger partial charge in [0, 0.05) is 12.1 Å². The van der Waals surface area contributed by atoms with Gasteiger partial charge in [-0.05, 0) is 29.8 Å². The van der Waals surface area contributed by atoms with Gasteiger partial charge in [0.1, 0.15) is 5.01 Å². The zero-order valence-electron chi connectivity index (χ0n) is 11.0. The molecule has 110 valence electrons. The Bertz CT molecular complexity index is 906. The molecular formula is C15H8Cl2N2O2S. The molecule has 4 nitrogen and oxygen atoms in total. The average molecular weight is 351 g/mol. The van der Waals surface area contributed by atoms with Crippen LogP contribution in [0.1, 0.15) is 10.6 Å². The molecule has 0 saturated carbocycles. The van der Waals surface area contributed by atoms with E-state index in [4.69, 9.17) is 23.2 Å². The Kier molecular flexibility index (Phi) is 4.11. The van der Waals surface area contributed by atoms with E-state index in [1.165, 1.54) is 23.5 Å². The molecule has 0 saturated heterocycles. The number of thiazole rings is 1. The highest BCUT2D eigenvalue weighted by Crippen LogP contribution is 2.28. The van der Waals surface area contributed by atoms with Crippen LogP contribution in [0.25, 0.3) is 22.4 Å². The molecule has 0 bridgehead atoms. The number of rotatable bonds is 3. The fraction of sp³-hybridized carbons (Fsp3) is 0. The molecule has 0 radical (unpaired) electrons. The van der Waals surface area contributed by atoms with Crippen LogP contribution in [0.5, 0.6) is 0 Å². The molecular weight excluding hydrogens is 343 g/mol. The van der Waals surface area contributed by atoms with Gasteiger partial charge in [-0.3, -0.25) is 10.1 Å². The lowest BCUT2D eigenvalue weighted by molar-refractivity contribution is -0.384. The van der Waals surface area contributed by atoms with Crippen molar-refractivity contribution in [1.82, 2.24) is 4.98 Å². The van der Waals surface area contributed by atoms with Crippen molar-refractivity contribution in [2.75, 3.05) is 0 Å². The standard InChI is InChI=1S/C15H8Cl2N2O2S/c16-11-4-1-9(7-12(11)17)2-6-15-18-13-8-10(19(20)21)3-5-14(13)22-15/h1-8H. The van der Waals surface area contributed by atoms with E-state index in [9.17, 15) is 10.1 Å². The maximum atomic E-state index is 10.8. The molecule has 22 heavy (non-hydrogen) atoms. The Morgan fingerprint density at radius 1 is 1.09 bits per heavy atom. The fourth-order valence-corrected chi connectivity index (χ4v) is 3.06. The van der Waals surface area contributed by atoms with Crippen molar-refractivity contribution in [1.29, 1.82) is 0 Å². The minimum atomic E-state index is -0.427. The second-order valence-electron chi connectivity index (χ2n) is 4.47. The molecule has 0 N–H and O–H groups in total. The molecule has 7 heteroatoms. The number of nitro groups is 1. The minimum absolute atomic E-state index is 0.0396. The summed E-state index contributed by atoms with van der Waals surface area (Å²) in [7, 11) is 0. The third kappa shape index (κ3) is 3.11. The number of halogens is 2. The largest absolute Gasteiger partial charge is 0.271 e. The van der Waals surface area contributed by atoms with Crippen LogP contribution >= 0.6 is 34.5 Å². The predicted octanol–water partition coefficient (Wildman–Crippen LogP) is 5.68. The lowest BCUT2D eigenvalue weighted by Gasteiger charge is -1.96. The average Bonchev–Trinajstić information content (AvgIpc) is 2.90. The van der Waals surface area contributed by atoms with Gasteiger partial charge < -0.3 is 0 Å². The molecule has 0 atom stereocenters. The monoisotopic (exact) mass is 350 g/mol. The summed E-state index contributed by atoms with van der Waals surface area (Å²) in [4.78, 5) is 14.7. The van der Waals surface area contributed by atoms with Crippen molar-refractivity contribution >= 4 is 62.6 Å². The van der Waals surface area contributed by atoms with E-state index in [0.717, 1.165) is 15.3 Å². The first-order valence-electron chi connectivity index (χ1n) is 6.21. The smallest absolute Gasteiger partial charge is 0.258 e. The van der Waals surface area contributed by atoms with Gasteiger partial charge in [-0.25, -0.2) is 4.98 Å². The van der Waals surface area contributed by atoms with Gasteiger partial charge in [0.15, 0.2) is 0 Å². The fourth-order valence-electron chi connectivity index (χ4n) is 1.90. The van der Waals surface area contributed by atoms with Crippen LogP contribution in [0.15, 0.2) is 36.4 Å². The number of non-ortho nitro benzene ring substituents is 1. The summed E-state index contributed by atoms with van der Waals surface area (Å²) in [6, 6.07) is 10.0. The molecule has 0 aliphatic carbocycles. The lowest BCUT2D eigenvalue weighted by atomic mass is 10.2. The quantitative estimate of drug-likeness (QED) is 0.450. The third-order valence-corrected chi connectivity index (χ3v) is 4.70. The van der Waals surface area contributed by atoms with E-state index < -0.39 is 4.92 Å². The van der Waals surface area contributed by atoms with Crippen molar-refractivity contribution in [3.63, 3.8) is 0 Å². The molecule has 0 aliphatic heterocycles. The summed E-state index contributed by atoms with van der Waals surface area (Å²) >= 11 is 13.3. The first-order chi connectivity index (χ1) is 10.5. The number of nitro benzene ring substituents is 1. The first-order valence-corrected chi connectivity index (χ1v) is 7.78. The van der Waals surface area contributed by atoms with E-state index in [1.54, 1.807) is 18.2 Å². The minimum Gasteiger partial charge on any atom is -0.258 e. The van der Waals surface area contributed by atoms with E-state index >= 15 is 0 Å². The molecule has 1 aromatic heterocycles. The van der Waals surface area contributed by atoms with Crippen LogP contribution < -0.4 is 0 Å². The molecule has 0 spiro atoms. The number of nitrogens with zero attached hydrogens (tertiary/aromatic N) is 2. The van der Waals surface area contributed by atoms with Crippen LogP contribution in [-0.2, 0) is 0 Å². The summed E-state index contributed by atoms with van der Waals surface area (Å²) in [5.74, 6) is 0. The van der Waals surface area contributed by atoms with Gasteiger partial charge in [0.05, 0.1) is 25.2 Å². The van der Waals surface area contributed by atoms with Gasteiger partial charge >= 0.3 is 0 Å². The topological polar surface area (TPSA) is 56.0 Å². The van der Waals surface area contributed by atoms with Gasteiger partial charge in [-0.1, -0.05) is 35.3 Å². The second kappa shape index (κ2) is 6.04. The van der Waals surface area contributed by atoms with Gasteiger partial charge in [0.2, 0.25) is 0 Å². The molecule has 2 aromatic carbocycles. The highest BCUT2D eigenvalue weighted by Gasteiger charge is 2.09. The van der Waals surface area contributed by atoms with Crippen LogP contribution in [0, 0.1) is 10.1 Å². The zero-order chi connectivity index (χ0) is 15.7. The summed E-state index contributed by atoms with van der Waals surface area (Å²) in [5, 5.41) is 12.5. The molecule has 3 aromatic rings. The maximum absolute atomic E-state index is 10.8. The van der Waals surface area contributed by atoms with E-state index in [2.05, 4.69) is 4.98 Å². The van der Waals surface area contributed by atoms with Crippen LogP contribution in [0.4, 0.5) is 5.69 Å². The van der Waals surface area contributed by atoms with Crippen LogP contribution in [0.3, 0.4) is 0 Å². The van der Waals surface area contributed by atoms with Crippen LogP contribution in [0.2, 0.25) is 10.0 Å². The van der Waals surface area contributed by atoms with Gasteiger partial charge in [-0.15, -0.1) is 11.3 Å². The maximum Gasteiger partial charge on any atom is 0.271 e. The second-order valence-corrected chi connectivity index (χ2v) is 6.34. The highest BCUT2D eigenvalue weighted by molar-refractivity contribution is 7.19. The summed E-state index contributed by atoms with van der Waals surface area (Å²) in [5.41, 5.74) is 1.56. The van der Waals surface area contributed by atoms with E-state index in [0.29, 0.717) is 15.6 Å². The Balaban J connectivity index is 1.91. The van der Waals surface area contributed by atoms with E-state index in [-0.39, 0.29) is 5.69 Å². The van der Waals surface area contributed by atoms with Crippen LogP contribution in [-0.4, -0.2) is 9.91 Å². The first kappa shape index (κ1) is 15.0. The Hall–Kier alpha value is -1.95. The van der Waals surface area contributed by atoms with Crippen molar-refractivity contribution in [3.05, 3.63) is 67.1 Å². The predicted molar refractivity (Wildman–Crippen MR) is 91.7 cm³/mol. The number of benzene rings is 2. The summed E-state index contributed by atoms with van der Waals surface area (Å²) in [6.07, 6.45) is 3.71. The number of fused-ring (bicyclic) bond motifs is 1. The Morgan fingerprint density at radius 2 is 1.91 bits per heavy atom. The Morgan fingerprint density at radius 3 is 2.64 bits per heavy atom. The van der Waals surface area contributed by atoms with Crippen molar-refractivity contribution in [2.45, 2.75) is 0 Å². The summed E-state index contributed by atoms with van der Waals surface area (Å²) in [6.45, 7) is 0. The molecule has 0 amide bonds. The normalized spacial score (nSPS) is 11.4. The molecule has 0 unspecified atom stereocenters. The van der Waals surface area contributed by atoms with Crippen molar-refractivity contribution in [2.24, 2.45) is 0 Å². The van der Waals surface area contributed by atoms with Gasteiger partial charge in [0.25, 0.3) is 5.69 Å².